The Labute approximate surface area is 102 Å². The van der Waals surface area contributed by atoms with Crippen molar-refractivity contribution in [2.75, 3.05) is 7.05 Å². The minimum atomic E-state index is -0.00981. The molecule has 92 valence electrons. The van der Waals surface area contributed by atoms with Gasteiger partial charge in [0.1, 0.15) is 0 Å². The molecule has 17 heavy (non-hydrogen) atoms. The van der Waals surface area contributed by atoms with Gasteiger partial charge in [0, 0.05) is 13.1 Å². The maximum Gasteiger partial charge on any atom is 0.274 e. The molecule has 0 atom stereocenters. The molecule has 0 N–H and O–H groups in total. The second-order valence-electron chi connectivity index (χ2n) is 4.77. The molecule has 4 nitrogen and oxygen atoms in total. The summed E-state index contributed by atoms with van der Waals surface area (Å²) < 4.78 is 0. The van der Waals surface area contributed by atoms with Crippen LogP contribution in [-0.2, 0) is 0 Å². The zero-order valence-corrected chi connectivity index (χ0v) is 10.5. The molecule has 1 amide bonds. The van der Waals surface area contributed by atoms with E-state index in [1.165, 1.54) is 19.3 Å². The Balaban J connectivity index is 2.05. The van der Waals surface area contributed by atoms with Crippen LogP contribution in [0.1, 0.15) is 48.3 Å². The molecule has 1 heterocycles. The first kappa shape index (κ1) is 12.0. The summed E-state index contributed by atoms with van der Waals surface area (Å²) in [5.74, 6) is -0.00981. The molecule has 1 aliphatic carbocycles. The average molecular weight is 233 g/mol. The fraction of sp³-hybridized carbons (Fsp3) is 0.615. The van der Waals surface area contributed by atoms with Crippen LogP contribution in [0.5, 0.6) is 0 Å². The number of carbonyl (C=O) groups excluding carboxylic acids is 1. The van der Waals surface area contributed by atoms with Gasteiger partial charge in [0.15, 0.2) is 5.69 Å². The zero-order chi connectivity index (χ0) is 12.3. The summed E-state index contributed by atoms with van der Waals surface area (Å²) in [6, 6.07) is 3.96. The van der Waals surface area contributed by atoms with Crippen molar-refractivity contribution in [1.29, 1.82) is 0 Å². The SMILES string of the molecule is Cc1ccc(C(=O)N(C)C2CCCCC2)nn1. The second-order valence-corrected chi connectivity index (χ2v) is 4.77. The van der Waals surface area contributed by atoms with Crippen LogP contribution in [0.25, 0.3) is 0 Å². The van der Waals surface area contributed by atoms with E-state index < -0.39 is 0 Å². The highest BCUT2D eigenvalue weighted by atomic mass is 16.2. The molecule has 1 aromatic heterocycles. The van der Waals surface area contributed by atoms with E-state index in [4.69, 9.17) is 0 Å². The van der Waals surface area contributed by atoms with Crippen LogP contribution in [0.2, 0.25) is 0 Å². The van der Waals surface area contributed by atoms with Crippen molar-refractivity contribution in [3.05, 3.63) is 23.5 Å². The summed E-state index contributed by atoms with van der Waals surface area (Å²) in [6.07, 6.45) is 5.97. The molecule has 1 fully saturated rings. The summed E-state index contributed by atoms with van der Waals surface area (Å²) in [5.41, 5.74) is 1.28. The van der Waals surface area contributed by atoms with Crippen molar-refractivity contribution < 1.29 is 4.79 Å². The lowest BCUT2D eigenvalue weighted by atomic mass is 9.94. The van der Waals surface area contributed by atoms with Crippen molar-refractivity contribution in [3.8, 4) is 0 Å². The van der Waals surface area contributed by atoms with Crippen molar-refractivity contribution in [2.45, 2.75) is 45.1 Å². The van der Waals surface area contributed by atoms with Gasteiger partial charge in [0.05, 0.1) is 5.69 Å². The van der Waals surface area contributed by atoms with Crippen molar-refractivity contribution >= 4 is 5.91 Å². The van der Waals surface area contributed by atoms with Crippen LogP contribution in [0.15, 0.2) is 12.1 Å². The van der Waals surface area contributed by atoms with E-state index in [1.54, 1.807) is 6.07 Å². The fourth-order valence-electron chi connectivity index (χ4n) is 2.33. The summed E-state index contributed by atoms with van der Waals surface area (Å²) in [7, 11) is 1.87. The van der Waals surface area contributed by atoms with Crippen LogP contribution in [0.4, 0.5) is 0 Å². The Morgan fingerprint density at radius 3 is 2.53 bits per heavy atom. The Kier molecular flexibility index (Phi) is 3.71. The van der Waals surface area contributed by atoms with Gasteiger partial charge in [-0.05, 0) is 31.9 Å². The predicted octanol–water partition coefficient (Wildman–Crippen LogP) is 2.19. The molecule has 4 heteroatoms. The minimum Gasteiger partial charge on any atom is -0.337 e. The topological polar surface area (TPSA) is 46.1 Å². The van der Waals surface area contributed by atoms with E-state index in [2.05, 4.69) is 10.2 Å². The van der Waals surface area contributed by atoms with Gasteiger partial charge in [0.25, 0.3) is 5.91 Å². The monoisotopic (exact) mass is 233 g/mol. The summed E-state index contributed by atoms with van der Waals surface area (Å²) in [6.45, 7) is 1.87. The van der Waals surface area contributed by atoms with Crippen molar-refractivity contribution in [3.63, 3.8) is 0 Å². The molecule has 1 aromatic rings. The summed E-state index contributed by atoms with van der Waals surface area (Å²) >= 11 is 0. The number of nitrogens with zero attached hydrogens (tertiary/aromatic N) is 3. The third kappa shape index (κ3) is 2.81. The highest BCUT2D eigenvalue weighted by molar-refractivity contribution is 5.92. The summed E-state index contributed by atoms with van der Waals surface area (Å²) in [5, 5.41) is 7.88. The Bertz CT molecular complexity index is 382. The summed E-state index contributed by atoms with van der Waals surface area (Å²) in [4.78, 5) is 14.0. The standard InChI is InChI=1S/C13H19N3O/c1-10-8-9-12(15-14-10)13(17)16(2)11-6-4-3-5-7-11/h8-9,11H,3-7H2,1-2H3. The highest BCUT2D eigenvalue weighted by Crippen LogP contribution is 2.22. The zero-order valence-electron chi connectivity index (χ0n) is 10.5. The first-order valence-electron chi connectivity index (χ1n) is 6.26. The van der Waals surface area contributed by atoms with Gasteiger partial charge in [-0.1, -0.05) is 19.3 Å². The first-order chi connectivity index (χ1) is 8.18. The molecule has 0 spiro atoms. The molecule has 1 aliphatic rings. The lowest BCUT2D eigenvalue weighted by Crippen LogP contribution is -2.38. The highest BCUT2D eigenvalue weighted by Gasteiger charge is 2.23. The van der Waals surface area contributed by atoms with E-state index >= 15 is 0 Å². The van der Waals surface area contributed by atoms with Crippen molar-refractivity contribution in [2.24, 2.45) is 0 Å². The maximum absolute atomic E-state index is 12.2. The van der Waals surface area contributed by atoms with Gasteiger partial charge in [-0.15, -0.1) is 5.10 Å². The van der Waals surface area contributed by atoms with Crippen molar-refractivity contribution in [1.82, 2.24) is 15.1 Å². The molecule has 0 aromatic carbocycles. The smallest absolute Gasteiger partial charge is 0.274 e. The number of hydrogen-bond donors (Lipinski definition) is 0. The largest absolute Gasteiger partial charge is 0.337 e. The number of amides is 1. The molecular formula is C13H19N3O. The van der Waals surface area contributed by atoms with Gasteiger partial charge < -0.3 is 4.90 Å². The van der Waals surface area contributed by atoms with Crippen LogP contribution < -0.4 is 0 Å². The van der Waals surface area contributed by atoms with Crippen LogP contribution in [0.3, 0.4) is 0 Å². The molecule has 0 aliphatic heterocycles. The Morgan fingerprint density at radius 2 is 1.94 bits per heavy atom. The quantitative estimate of drug-likeness (QED) is 0.786. The third-order valence-electron chi connectivity index (χ3n) is 3.46. The lowest BCUT2D eigenvalue weighted by molar-refractivity contribution is 0.0689. The van der Waals surface area contributed by atoms with Gasteiger partial charge in [0.2, 0.25) is 0 Å². The van der Waals surface area contributed by atoms with Crippen LogP contribution in [0, 0.1) is 6.92 Å². The lowest BCUT2D eigenvalue weighted by Gasteiger charge is -2.30. The normalized spacial score (nSPS) is 16.8. The van der Waals surface area contributed by atoms with E-state index in [1.807, 2.05) is 24.9 Å². The molecule has 2 rings (SSSR count). The first-order valence-corrected chi connectivity index (χ1v) is 6.26. The molecule has 1 saturated carbocycles. The average Bonchev–Trinajstić information content (AvgIpc) is 2.39. The number of hydrogen-bond acceptors (Lipinski definition) is 3. The minimum absolute atomic E-state index is 0.00981. The molecule has 0 saturated heterocycles. The second kappa shape index (κ2) is 5.25. The van der Waals surface area contributed by atoms with Gasteiger partial charge >= 0.3 is 0 Å². The number of rotatable bonds is 2. The van der Waals surface area contributed by atoms with Gasteiger partial charge in [-0.3, -0.25) is 4.79 Å². The molecule has 0 radical (unpaired) electrons. The molecule has 0 bridgehead atoms. The number of aromatic nitrogens is 2. The Morgan fingerprint density at radius 1 is 1.24 bits per heavy atom. The van der Waals surface area contributed by atoms with E-state index in [-0.39, 0.29) is 5.91 Å². The fourth-order valence-corrected chi connectivity index (χ4v) is 2.33. The predicted molar refractivity (Wildman–Crippen MR) is 65.7 cm³/mol. The Hall–Kier alpha value is -1.45. The van der Waals surface area contributed by atoms with Gasteiger partial charge in [-0.2, -0.15) is 5.10 Å². The molecule has 0 unspecified atom stereocenters. The van der Waals surface area contributed by atoms with Crippen LogP contribution in [-0.4, -0.2) is 34.1 Å². The number of aryl methyl sites for hydroxylation is 1. The number of carbonyl (C=O) groups is 1. The van der Waals surface area contributed by atoms with Crippen LogP contribution >= 0.6 is 0 Å². The van der Waals surface area contributed by atoms with E-state index in [9.17, 15) is 4.79 Å². The molecular weight excluding hydrogens is 214 g/mol. The van der Waals surface area contributed by atoms with E-state index in [0.717, 1.165) is 18.5 Å². The van der Waals surface area contributed by atoms with E-state index in [0.29, 0.717) is 11.7 Å². The third-order valence-corrected chi connectivity index (χ3v) is 3.46. The maximum atomic E-state index is 12.2. The van der Waals surface area contributed by atoms with Gasteiger partial charge in [-0.25, -0.2) is 0 Å².